The first-order valence-electron chi connectivity index (χ1n) is 8.56. The second kappa shape index (κ2) is 6.79. The average molecular weight is 380 g/mol. The lowest BCUT2D eigenvalue weighted by molar-refractivity contribution is 0.233. The van der Waals surface area contributed by atoms with Gasteiger partial charge in [0.05, 0.1) is 23.9 Å². The van der Waals surface area contributed by atoms with E-state index in [1.807, 2.05) is 0 Å². The second-order valence-electron chi connectivity index (χ2n) is 6.55. The maximum Gasteiger partial charge on any atom is 0.255 e. The molecule has 2 heterocycles. The largest absolute Gasteiger partial charge is 0.480 e. The van der Waals surface area contributed by atoms with Crippen LogP contribution in [0, 0.1) is 17.5 Å². The van der Waals surface area contributed by atoms with Crippen LogP contribution in [0.25, 0.3) is 16.9 Å². The molecule has 0 saturated heterocycles. The quantitative estimate of drug-likeness (QED) is 0.639. The van der Waals surface area contributed by atoms with E-state index in [-0.39, 0.29) is 23.1 Å². The van der Waals surface area contributed by atoms with Crippen LogP contribution >= 0.6 is 0 Å². The molecule has 0 bridgehead atoms. The van der Waals surface area contributed by atoms with Gasteiger partial charge < -0.3 is 4.74 Å². The van der Waals surface area contributed by atoms with Gasteiger partial charge in [-0.3, -0.25) is 0 Å². The molecule has 1 saturated carbocycles. The van der Waals surface area contributed by atoms with Gasteiger partial charge in [0.25, 0.3) is 5.78 Å². The number of ether oxygens (including phenoxy) is 1. The van der Waals surface area contributed by atoms with E-state index in [9.17, 15) is 17.6 Å². The standard InChI is InChI=1S/C18H16F4N4O/c1-27-17-15(14-12(21)6-11(20)7-13(14)22)16(9-2-4-10(19)5-3-9)26-18(25-17)23-8-24-26/h6-10H,2-5H2,1H3. The van der Waals surface area contributed by atoms with Crippen LogP contribution in [0.2, 0.25) is 0 Å². The Labute approximate surface area is 152 Å². The van der Waals surface area contributed by atoms with Crippen LogP contribution in [0.5, 0.6) is 5.88 Å². The van der Waals surface area contributed by atoms with Crippen molar-refractivity contribution in [1.29, 1.82) is 0 Å². The molecule has 3 aromatic rings. The molecule has 9 heteroatoms. The summed E-state index contributed by atoms with van der Waals surface area (Å²) in [6.45, 7) is 0. The van der Waals surface area contributed by atoms with Gasteiger partial charge in [0.1, 0.15) is 30.0 Å². The van der Waals surface area contributed by atoms with Crippen molar-refractivity contribution in [3.63, 3.8) is 0 Å². The lowest BCUT2D eigenvalue weighted by Gasteiger charge is -2.27. The summed E-state index contributed by atoms with van der Waals surface area (Å²) in [5.41, 5.74) is 0.0361. The second-order valence-corrected chi connectivity index (χ2v) is 6.55. The molecule has 2 aromatic heterocycles. The highest BCUT2D eigenvalue weighted by atomic mass is 19.1. The van der Waals surface area contributed by atoms with Gasteiger partial charge in [0.15, 0.2) is 0 Å². The third-order valence-corrected chi connectivity index (χ3v) is 4.92. The molecule has 1 aliphatic carbocycles. The Morgan fingerprint density at radius 1 is 1.04 bits per heavy atom. The number of alkyl halides is 1. The molecule has 0 spiro atoms. The molecule has 0 N–H and O–H groups in total. The van der Waals surface area contributed by atoms with Crippen LogP contribution in [-0.4, -0.2) is 32.9 Å². The zero-order valence-corrected chi connectivity index (χ0v) is 14.4. The monoisotopic (exact) mass is 380 g/mol. The van der Waals surface area contributed by atoms with Crippen LogP contribution in [0.4, 0.5) is 17.6 Å². The number of hydrogen-bond donors (Lipinski definition) is 0. The van der Waals surface area contributed by atoms with Crippen LogP contribution in [-0.2, 0) is 0 Å². The Morgan fingerprint density at radius 3 is 2.33 bits per heavy atom. The molecule has 5 nitrogen and oxygen atoms in total. The van der Waals surface area contributed by atoms with Crippen molar-refractivity contribution in [2.75, 3.05) is 7.11 Å². The third kappa shape index (κ3) is 3.00. The van der Waals surface area contributed by atoms with E-state index in [0.717, 1.165) is 0 Å². The number of nitrogens with zero attached hydrogens (tertiary/aromatic N) is 4. The number of benzene rings is 1. The van der Waals surface area contributed by atoms with Crippen molar-refractivity contribution in [2.24, 2.45) is 0 Å². The van der Waals surface area contributed by atoms with E-state index >= 15 is 0 Å². The van der Waals surface area contributed by atoms with E-state index in [4.69, 9.17) is 4.74 Å². The summed E-state index contributed by atoms with van der Waals surface area (Å²) in [5, 5.41) is 4.13. The molecule has 27 heavy (non-hydrogen) atoms. The Bertz CT molecular complexity index is 975. The minimum atomic E-state index is -1.08. The minimum absolute atomic E-state index is 0.0442. The first-order chi connectivity index (χ1) is 13.0. The number of fused-ring (bicyclic) bond motifs is 1. The summed E-state index contributed by atoms with van der Waals surface area (Å²) >= 11 is 0. The number of rotatable bonds is 3. The van der Waals surface area contributed by atoms with Crippen molar-refractivity contribution < 1.29 is 22.3 Å². The lowest BCUT2D eigenvalue weighted by atomic mass is 9.83. The SMILES string of the molecule is COc1nc2ncnn2c(C2CCC(F)CC2)c1-c1c(F)cc(F)cc1F. The van der Waals surface area contributed by atoms with Crippen molar-refractivity contribution in [2.45, 2.75) is 37.8 Å². The summed E-state index contributed by atoms with van der Waals surface area (Å²) in [4.78, 5) is 8.20. The van der Waals surface area contributed by atoms with E-state index < -0.39 is 29.2 Å². The van der Waals surface area contributed by atoms with Gasteiger partial charge in [-0.05, 0) is 25.7 Å². The summed E-state index contributed by atoms with van der Waals surface area (Å²) in [6, 6.07) is 1.21. The average Bonchev–Trinajstić information content (AvgIpc) is 3.09. The molecule has 1 aromatic carbocycles. The molecular formula is C18H16F4N4O. The normalized spacial score (nSPS) is 20.2. The predicted molar refractivity (Wildman–Crippen MR) is 88.7 cm³/mol. The number of hydrogen-bond acceptors (Lipinski definition) is 4. The maximum atomic E-state index is 14.6. The van der Waals surface area contributed by atoms with Gasteiger partial charge in [-0.25, -0.2) is 22.1 Å². The van der Waals surface area contributed by atoms with Gasteiger partial charge in [-0.15, -0.1) is 0 Å². The highest BCUT2D eigenvalue weighted by molar-refractivity contribution is 5.74. The molecular weight excluding hydrogens is 364 g/mol. The molecule has 4 rings (SSSR count). The van der Waals surface area contributed by atoms with Gasteiger partial charge in [0.2, 0.25) is 5.88 Å². The molecule has 1 aliphatic rings. The fourth-order valence-electron chi connectivity index (χ4n) is 3.71. The van der Waals surface area contributed by atoms with Gasteiger partial charge >= 0.3 is 0 Å². The van der Waals surface area contributed by atoms with Crippen LogP contribution in [0.15, 0.2) is 18.5 Å². The summed E-state index contributed by atoms with van der Waals surface area (Å²) in [7, 11) is 1.32. The van der Waals surface area contributed by atoms with Gasteiger partial charge in [-0.2, -0.15) is 15.1 Å². The third-order valence-electron chi connectivity index (χ3n) is 4.92. The van der Waals surface area contributed by atoms with E-state index in [1.54, 1.807) is 0 Å². The fraction of sp³-hybridized carbons (Fsp3) is 0.389. The zero-order valence-electron chi connectivity index (χ0n) is 14.4. The zero-order chi connectivity index (χ0) is 19.1. The molecule has 1 fully saturated rings. The molecule has 0 aliphatic heterocycles. The Morgan fingerprint density at radius 2 is 1.70 bits per heavy atom. The number of methoxy groups -OCH3 is 1. The number of halogens is 4. The fourth-order valence-corrected chi connectivity index (χ4v) is 3.71. The topological polar surface area (TPSA) is 52.3 Å². The first kappa shape index (κ1) is 17.7. The molecule has 0 unspecified atom stereocenters. The smallest absolute Gasteiger partial charge is 0.255 e. The van der Waals surface area contributed by atoms with E-state index in [0.29, 0.717) is 43.5 Å². The van der Waals surface area contributed by atoms with Crippen LogP contribution in [0.3, 0.4) is 0 Å². The molecule has 0 atom stereocenters. The molecule has 0 amide bonds. The van der Waals surface area contributed by atoms with E-state index in [2.05, 4.69) is 15.1 Å². The maximum absolute atomic E-state index is 14.6. The molecule has 0 radical (unpaired) electrons. The Balaban J connectivity index is 2.03. The minimum Gasteiger partial charge on any atom is -0.480 e. The predicted octanol–water partition coefficient (Wildman–Crippen LogP) is 4.21. The highest BCUT2D eigenvalue weighted by Gasteiger charge is 2.32. The van der Waals surface area contributed by atoms with Crippen LogP contribution < -0.4 is 4.74 Å². The number of aromatic nitrogens is 4. The Hall–Kier alpha value is -2.71. The van der Waals surface area contributed by atoms with Crippen molar-refractivity contribution in [3.05, 3.63) is 41.6 Å². The van der Waals surface area contributed by atoms with Gasteiger partial charge in [-0.1, -0.05) is 0 Å². The van der Waals surface area contributed by atoms with Gasteiger partial charge in [0, 0.05) is 18.1 Å². The summed E-state index contributed by atoms with van der Waals surface area (Å²) in [6.07, 6.45) is 1.98. The lowest BCUT2D eigenvalue weighted by Crippen LogP contribution is -2.19. The summed E-state index contributed by atoms with van der Waals surface area (Å²) in [5.74, 6) is -3.24. The first-order valence-corrected chi connectivity index (χ1v) is 8.56. The highest BCUT2D eigenvalue weighted by Crippen LogP contribution is 2.43. The Kier molecular flexibility index (Phi) is 4.45. The van der Waals surface area contributed by atoms with Crippen molar-refractivity contribution in [3.8, 4) is 17.0 Å². The van der Waals surface area contributed by atoms with Crippen molar-refractivity contribution >= 4 is 5.78 Å². The molecule has 142 valence electrons. The van der Waals surface area contributed by atoms with E-state index in [1.165, 1.54) is 18.0 Å². The van der Waals surface area contributed by atoms with Crippen molar-refractivity contribution in [1.82, 2.24) is 19.6 Å². The van der Waals surface area contributed by atoms with Crippen LogP contribution in [0.1, 0.15) is 37.3 Å². The summed E-state index contributed by atoms with van der Waals surface area (Å²) < 4.78 is 62.9.